The molecule has 0 unspecified atom stereocenters. The van der Waals surface area contributed by atoms with Crippen LogP contribution in [0.15, 0.2) is 87.5 Å². The van der Waals surface area contributed by atoms with Crippen LogP contribution in [-0.2, 0) is 0 Å². The normalized spacial score (nSPS) is 14.2. The summed E-state index contributed by atoms with van der Waals surface area (Å²) >= 11 is 0. The largest absolute Gasteiger partial charge is 0.311 e. The molecule has 0 heterocycles. The first-order chi connectivity index (χ1) is 14.3. The Balaban J connectivity index is 2.08. The van der Waals surface area contributed by atoms with Gasteiger partial charge in [0, 0.05) is 31.7 Å². The summed E-state index contributed by atoms with van der Waals surface area (Å²) in [5.74, 6) is 0. The Morgan fingerprint density at radius 1 is 0.419 bits per heavy atom. The monoisotopic (exact) mass is 593 g/mol. The summed E-state index contributed by atoms with van der Waals surface area (Å²) in [5.41, 5.74) is 2.87. The van der Waals surface area contributed by atoms with Gasteiger partial charge in [0.2, 0.25) is 0 Å². The lowest BCUT2D eigenvalue weighted by Gasteiger charge is -2.28. The Hall–Kier alpha value is 0.250. The molecule has 31 heavy (non-hydrogen) atoms. The Morgan fingerprint density at radius 2 is 0.613 bits per heavy atom. The Labute approximate surface area is 215 Å². The topological polar surface area (TPSA) is 3.24 Å². The van der Waals surface area contributed by atoms with Crippen molar-refractivity contribution in [2.24, 2.45) is 0 Å². The van der Waals surface area contributed by atoms with Crippen molar-refractivity contribution in [2.45, 2.75) is 14.7 Å². The van der Waals surface area contributed by atoms with Crippen LogP contribution in [0.1, 0.15) is 0 Å². The minimum Gasteiger partial charge on any atom is -0.311 e. The van der Waals surface area contributed by atoms with Crippen LogP contribution in [-0.4, -0.2) is 18.8 Å². The number of halogens is 6. The molecule has 3 aromatic carbocycles. The van der Waals surface area contributed by atoms with Crippen LogP contribution >= 0.6 is 89.5 Å². The third kappa shape index (κ3) is 6.65. The summed E-state index contributed by atoms with van der Waals surface area (Å²) in [6.07, 6.45) is 5.49. The van der Waals surface area contributed by atoms with Gasteiger partial charge in [0.1, 0.15) is 0 Å². The second-order valence-electron chi connectivity index (χ2n) is 6.99. The van der Waals surface area contributed by atoms with E-state index in [1.165, 1.54) is 0 Å². The molecule has 0 atom stereocenters. The molecule has 0 saturated carbocycles. The van der Waals surface area contributed by atoms with Crippen molar-refractivity contribution in [3.05, 3.63) is 72.8 Å². The number of hydrogen-bond acceptors (Lipinski definition) is 1. The van der Waals surface area contributed by atoms with Crippen LogP contribution in [0.4, 0.5) is 17.1 Å². The van der Waals surface area contributed by atoms with E-state index in [-0.39, 0.29) is 0 Å². The zero-order chi connectivity index (χ0) is 23.0. The molecule has 0 amide bonds. The molecule has 0 spiro atoms. The first-order valence-corrected chi connectivity index (χ1v) is 20.0. The van der Waals surface area contributed by atoms with Crippen LogP contribution < -0.4 is 4.90 Å². The molecule has 0 fully saturated rings. The molecule has 0 radical (unpaired) electrons. The molecule has 0 aliphatic rings. The van der Waals surface area contributed by atoms with Crippen molar-refractivity contribution < 1.29 is 0 Å². The molecule has 0 aromatic heterocycles. The summed E-state index contributed by atoms with van der Waals surface area (Å²) in [6, 6.07) is 23.8. The smallest absolute Gasteiger partial charge is 0.0462 e. The lowest BCUT2D eigenvalue weighted by molar-refractivity contribution is 1.25. The standard InChI is InChI=1S/C21H21Cl6NS3/c1-29(22,23)19-10-4-16(5-11-19)28(17-6-12-20(13-7-17)30(2,24)25)18-8-14-21(15-9-18)31(3,26)27/h4-15H,1-3H3. The van der Waals surface area contributed by atoms with E-state index in [4.69, 9.17) is 64.1 Å². The van der Waals surface area contributed by atoms with Crippen molar-refractivity contribution in [3.8, 4) is 0 Å². The van der Waals surface area contributed by atoms with E-state index in [9.17, 15) is 0 Å². The van der Waals surface area contributed by atoms with Gasteiger partial charge in [-0.3, -0.25) is 0 Å². The van der Waals surface area contributed by atoms with Gasteiger partial charge in [0.15, 0.2) is 0 Å². The van der Waals surface area contributed by atoms with Gasteiger partial charge in [-0.25, -0.2) is 0 Å². The van der Waals surface area contributed by atoms with Crippen LogP contribution in [0.5, 0.6) is 0 Å². The first kappa shape index (κ1) is 25.9. The zero-order valence-corrected chi connectivity index (χ0v) is 23.9. The third-order valence-electron chi connectivity index (χ3n) is 4.53. The second-order valence-corrected chi connectivity index (χ2v) is 25.3. The number of hydrogen-bond donors (Lipinski definition) is 0. The highest BCUT2D eigenvalue weighted by atomic mass is 36.0. The highest BCUT2D eigenvalue weighted by Gasteiger charge is 2.19. The maximum absolute atomic E-state index is 6.33. The van der Waals surface area contributed by atoms with Gasteiger partial charge < -0.3 is 4.90 Å². The average molecular weight is 596 g/mol. The third-order valence-corrected chi connectivity index (χ3v) is 11.0. The van der Waals surface area contributed by atoms with Crippen molar-refractivity contribution in [1.82, 2.24) is 0 Å². The second kappa shape index (κ2) is 9.85. The van der Waals surface area contributed by atoms with Crippen LogP contribution in [0.2, 0.25) is 0 Å². The molecular weight excluding hydrogens is 575 g/mol. The van der Waals surface area contributed by atoms with E-state index in [1.54, 1.807) is 0 Å². The van der Waals surface area contributed by atoms with Gasteiger partial charge in [-0.1, -0.05) is 25.4 Å². The molecule has 0 aliphatic carbocycles. The highest BCUT2D eigenvalue weighted by Crippen LogP contribution is 2.63. The Kier molecular flexibility index (Phi) is 8.22. The fourth-order valence-electron chi connectivity index (χ4n) is 2.95. The predicted molar refractivity (Wildman–Crippen MR) is 152 cm³/mol. The van der Waals surface area contributed by atoms with Crippen LogP contribution in [0.25, 0.3) is 0 Å². The summed E-state index contributed by atoms with van der Waals surface area (Å²) in [7, 11) is 32.5. The number of rotatable bonds is 6. The van der Waals surface area contributed by atoms with Crippen molar-refractivity contribution in [3.63, 3.8) is 0 Å². The quantitative estimate of drug-likeness (QED) is 0.274. The number of anilines is 3. The van der Waals surface area contributed by atoms with Crippen LogP contribution in [0.3, 0.4) is 0 Å². The molecule has 0 aliphatic heterocycles. The van der Waals surface area contributed by atoms with E-state index in [2.05, 4.69) is 4.90 Å². The lowest BCUT2D eigenvalue weighted by atomic mass is 10.2. The lowest BCUT2D eigenvalue weighted by Crippen LogP contribution is -2.10. The minimum atomic E-state index is -1.85. The molecule has 0 N–H and O–H groups in total. The number of benzene rings is 3. The fraction of sp³-hybridized carbons (Fsp3) is 0.143. The van der Waals surface area contributed by atoms with Crippen molar-refractivity contribution in [2.75, 3.05) is 23.7 Å². The van der Waals surface area contributed by atoms with Crippen molar-refractivity contribution >= 4 is 107 Å². The number of nitrogens with zero attached hydrogens (tertiary/aromatic N) is 1. The summed E-state index contributed by atoms with van der Waals surface area (Å²) in [6.45, 7) is 0. The highest BCUT2D eigenvalue weighted by molar-refractivity contribution is 8.66. The van der Waals surface area contributed by atoms with Gasteiger partial charge in [0.25, 0.3) is 0 Å². The maximum Gasteiger partial charge on any atom is 0.0462 e. The van der Waals surface area contributed by atoms with Crippen LogP contribution in [0, 0.1) is 0 Å². The molecule has 0 bridgehead atoms. The summed E-state index contributed by atoms with van der Waals surface area (Å²) in [4.78, 5) is 4.82. The molecule has 0 saturated heterocycles. The predicted octanol–water partition coefficient (Wildman–Crippen LogP) is 11.5. The van der Waals surface area contributed by atoms with Gasteiger partial charge >= 0.3 is 0 Å². The molecule has 3 aromatic rings. The maximum atomic E-state index is 6.33. The van der Waals surface area contributed by atoms with E-state index < -0.39 is 25.4 Å². The van der Waals surface area contributed by atoms with E-state index >= 15 is 0 Å². The zero-order valence-electron chi connectivity index (χ0n) is 16.9. The van der Waals surface area contributed by atoms with Crippen molar-refractivity contribution in [1.29, 1.82) is 0 Å². The molecule has 3 rings (SSSR count). The van der Waals surface area contributed by atoms with Gasteiger partial charge in [0.05, 0.1) is 0 Å². The van der Waals surface area contributed by atoms with Gasteiger partial charge in [-0.15, -0.1) is 0 Å². The summed E-state index contributed by atoms with van der Waals surface area (Å²) in [5, 5.41) is 0. The fourth-order valence-corrected chi connectivity index (χ4v) is 6.64. The minimum absolute atomic E-state index is 0.900. The first-order valence-electron chi connectivity index (χ1n) is 8.90. The molecule has 1 nitrogen and oxygen atoms in total. The molecule has 10 heteroatoms. The summed E-state index contributed by atoms with van der Waals surface area (Å²) < 4.78 is 0. The SMILES string of the molecule is CS(Cl)(Cl)c1ccc(N(c2ccc(S(C)(Cl)Cl)cc2)c2ccc(S(C)(Cl)Cl)cc2)cc1. The Morgan fingerprint density at radius 3 is 0.774 bits per heavy atom. The van der Waals surface area contributed by atoms with Gasteiger partial charge in [-0.2, -0.15) is 0 Å². The van der Waals surface area contributed by atoms with E-state index in [0.717, 1.165) is 31.7 Å². The van der Waals surface area contributed by atoms with E-state index in [1.807, 2.05) is 91.6 Å². The molecular formula is C21H21Cl6NS3. The van der Waals surface area contributed by atoms with Gasteiger partial charge in [-0.05, 0) is 156 Å². The Bertz CT molecular complexity index is 885. The molecule has 170 valence electrons. The van der Waals surface area contributed by atoms with E-state index in [0.29, 0.717) is 0 Å². The average Bonchev–Trinajstić information content (AvgIpc) is 2.67.